The van der Waals surface area contributed by atoms with Crippen molar-refractivity contribution in [2.45, 2.75) is 6.10 Å². The number of hydrogen-bond acceptors (Lipinski definition) is 6. The van der Waals surface area contributed by atoms with Crippen LogP contribution in [0.1, 0.15) is 10.4 Å². The van der Waals surface area contributed by atoms with Crippen molar-refractivity contribution in [2.75, 3.05) is 44.2 Å². The minimum Gasteiger partial charge on any atom is -0.491 e. The fraction of sp³-hybridized carbons (Fsp3) is 0.350. The number of rotatable bonds is 7. The molecule has 0 aromatic heterocycles. The minimum absolute atomic E-state index is 0.210. The molecule has 144 valence electrons. The number of nitrogen functional groups attached to an aromatic ring is 1. The van der Waals surface area contributed by atoms with Crippen LogP contribution in [0.15, 0.2) is 54.6 Å². The molecule has 4 N–H and O–H groups in total. The van der Waals surface area contributed by atoms with Gasteiger partial charge in [0.1, 0.15) is 18.5 Å². The maximum atomic E-state index is 11.4. The second kappa shape index (κ2) is 9.36. The van der Waals surface area contributed by atoms with E-state index in [2.05, 4.69) is 39.5 Å². The molecule has 7 heteroatoms. The van der Waals surface area contributed by atoms with E-state index >= 15 is 0 Å². The topological polar surface area (TPSA) is 91.1 Å². The summed E-state index contributed by atoms with van der Waals surface area (Å²) in [6.45, 7) is 4.51. The van der Waals surface area contributed by atoms with Gasteiger partial charge in [-0.2, -0.15) is 0 Å². The van der Waals surface area contributed by atoms with Crippen LogP contribution in [0.5, 0.6) is 5.75 Å². The minimum atomic E-state index is -0.569. The number of nitrogens with two attached hydrogens (primary N) is 1. The van der Waals surface area contributed by atoms with E-state index < -0.39 is 6.10 Å². The lowest BCUT2D eigenvalue weighted by molar-refractivity contribution is 0.0663. The van der Waals surface area contributed by atoms with E-state index in [-0.39, 0.29) is 12.5 Å². The van der Waals surface area contributed by atoms with Crippen LogP contribution >= 0.6 is 0 Å². The van der Waals surface area contributed by atoms with Gasteiger partial charge < -0.3 is 14.7 Å². The number of hydrazine groups is 1. The molecule has 1 aliphatic rings. The summed E-state index contributed by atoms with van der Waals surface area (Å²) >= 11 is 0. The first-order valence-corrected chi connectivity index (χ1v) is 9.10. The Morgan fingerprint density at radius 2 is 1.74 bits per heavy atom. The summed E-state index contributed by atoms with van der Waals surface area (Å²) in [4.78, 5) is 16.0. The number of piperazine rings is 1. The standard InChI is InChI=1S/C20H26N4O3/c21-22-20(26)16-6-8-19(9-7-16)27-15-18(25)14-23-10-12-24(13-11-23)17-4-2-1-3-5-17/h1-9,18,25H,10-15,21H2,(H,22,26)/t18-/m1/s1. The van der Waals surface area contributed by atoms with Crippen molar-refractivity contribution in [3.05, 3.63) is 60.2 Å². The molecule has 1 saturated heterocycles. The lowest BCUT2D eigenvalue weighted by atomic mass is 10.2. The van der Waals surface area contributed by atoms with Crippen LogP contribution in [-0.2, 0) is 0 Å². The smallest absolute Gasteiger partial charge is 0.265 e. The van der Waals surface area contributed by atoms with Crippen LogP contribution in [0.4, 0.5) is 5.69 Å². The molecule has 2 aromatic carbocycles. The number of hydrogen-bond donors (Lipinski definition) is 3. The van der Waals surface area contributed by atoms with E-state index in [1.807, 2.05) is 6.07 Å². The van der Waals surface area contributed by atoms with Crippen molar-refractivity contribution < 1.29 is 14.6 Å². The maximum absolute atomic E-state index is 11.4. The Balaban J connectivity index is 1.40. The summed E-state index contributed by atoms with van der Waals surface area (Å²) < 4.78 is 5.62. The molecule has 1 amide bonds. The Bertz CT molecular complexity index is 716. The van der Waals surface area contributed by atoms with E-state index in [1.54, 1.807) is 24.3 Å². The van der Waals surface area contributed by atoms with E-state index in [0.717, 1.165) is 26.2 Å². The fourth-order valence-electron chi connectivity index (χ4n) is 3.16. The molecule has 3 rings (SSSR count). The number of nitrogens with zero attached hydrogens (tertiary/aromatic N) is 2. The summed E-state index contributed by atoms with van der Waals surface area (Å²) in [7, 11) is 0. The van der Waals surface area contributed by atoms with Gasteiger partial charge in [-0.05, 0) is 36.4 Å². The van der Waals surface area contributed by atoms with Gasteiger partial charge in [-0.3, -0.25) is 15.1 Å². The maximum Gasteiger partial charge on any atom is 0.265 e. The normalized spacial score (nSPS) is 16.0. The van der Waals surface area contributed by atoms with Gasteiger partial charge >= 0.3 is 0 Å². The van der Waals surface area contributed by atoms with Gasteiger partial charge in [-0.15, -0.1) is 0 Å². The molecular formula is C20H26N4O3. The van der Waals surface area contributed by atoms with Gasteiger partial charge in [-0.1, -0.05) is 18.2 Å². The average Bonchev–Trinajstić information content (AvgIpc) is 2.73. The molecule has 1 atom stereocenters. The van der Waals surface area contributed by atoms with Gasteiger partial charge in [0.15, 0.2) is 0 Å². The Morgan fingerprint density at radius 3 is 2.37 bits per heavy atom. The number of amides is 1. The second-order valence-corrected chi connectivity index (χ2v) is 6.59. The zero-order valence-electron chi connectivity index (χ0n) is 15.3. The molecule has 0 saturated carbocycles. The van der Waals surface area contributed by atoms with Crippen molar-refractivity contribution in [1.29, 1.82) is 0 Å². The zero-order valence-corrected chi connectivity index (χ0v) is 15.3. The second-order valence-electron chi connectivity index (χ2n) is 6.59. The molecule has 1 aliphatic heterocycles. The monoisotopic (exact) mass is 370 g/mol. The number of anilines is 1. The molecule has 0 bridgehead atoms. The van der Waals surface area contributed by atoms with Crippen LogP contribution in [0.25, 0.3) is 0 Å². The number of benzene rings is 2. The summed E-state index contributed by atoms with van der Waals surface area (Å²) in [6.07, 6.45) is -0.569. The molecule has 0 spiro atoms. The predicted molar refractivity (Wildman–Crippen MR) is 105 cm³/mol. The van der Waals surface area contributed by atoms with Crippen molar-refractivity contribution in [1.82, 2.24) is 10.3 Å². The van der Waals surface area contributed by atoms with E-state index in [1.165, 1.54) is 5.69 Å². The highest BCUT2D eigenvalue weighted by atomic mass is 16.5. The first-order chi connectivity index (χ1) is 13.2. The van der Waals surface area contributed by atoms with Crippen LogP contribution in [0.3, 0.4) is 0 Å². The highest BCUT2D eigenvalue weighted by Crippen LogP contribution is 2.16. The van der Waals surface area contributed by atoms with Crippen molar-refractivity contribution >= 4 is 11.6 Å². The Labute approximate surface area is 159 Å². The first kappa shape index (κ1) is 19.2. The van der Waals surface area contributed by atoms with Crippen LogP contribution < -0.4 is 20.9 Å². The number of β-amino-alcohol motifs (C(OH)–C–C–N with tert-alkyl or cyclic N) is 1. The van der Waals surface area contributed by atoms with Gasteiger partial charge in [0.25, 0.3) is 5.91 Å². The number of aliphatic hydroxyl groups is 1. The molecule has 27 heavy (non-hydrogen) atoms. The van der Waals surface area contributed by atoms with Crippen molar-refractivity contribution in [2.24, 2.45) is 5.84 Å². The van der Waals surface area contributed by atoms with Gasteiger partial charge in [-0.25, -0.2) is 5.84 Å². The fourth-order valence-corrected chi connectivity index (χ4v) is 3.16. The van der Waals surface area contributed by atoms with Crippen LogP contribution in [0.2, 0.25) is 0 Å². The zero-order chi connectivity index (χ0) is 19.1. The predicted octanol–water partition coefficient (Wildman–Crippen LogP) is 0.852. The lowest BCUT2D eigenvalue weighted by Gasteiger charge is -2.36. The molecular weight excluding hydrogens is 344 g/mol. The third-order valence-corrected chi connectivity index (χ3v) is 4.65. The van der Waals surface area contributed by atoms with E-state index in [0.29, 0.717) is 17.9 Å². The van der Waals surface area contributed by atoms with Crippen molar-refractivity contribution in [3.63, 3.8) is 0 Å². The van der Waals surface area contributed by atoms with Gasteiger partial charge in [0.05, 0.1) is 0 Å². The molecule has 0 unspecified atom stereocenters. The Morgan fingerprint density at radius 1 is 1.07 bits per heavy atom. The Hall–Kier alpha value is -2.61. The molecule has 0 radical (unpaired) electrons. The Kier molecular flexibility index (Phi) is 6.64. The number of ether oxygens (including phenoxy) is 1. The number of aliphatic hydroxyl groups excluding tert-OH is 1. The lowest BCUT2D eigenvalue weighted by Crippen LogP contribution is -2.49. The van der Waals surface area contributed by atoms with Crippen molar-refractivity contribution in [3.8, 4) is 5.75 Å². The summed E-state index contributed by atoms with van der Waals surface area (Å²) in [6, 6.07) is 17.0. The third-order valence-electron chi connectivity index (χ3n) is 4.65. The summed E-state index contributed by atoms with van der Waals surface area (Å²) in [5.41, 5.74) is 3.78. The number of carbonyl (C=O) groups is 1. The molecule has 1 heterocycles. The largest absolute Gasteiger partial charge is 0.491 e. The molecule has 1 fully saturated rings. The van der Waals surface area contributed by atoms with Crippen LogP contribution in [-0.4, -0.2) is 61.3 Å². The SMILES string of the molecule is NNC(=O)c1ccc(OC[C@H](O)CN2CCN(c3ccccc3)CC2)cc1. The summed E-state index contributed by atoms with van der Waals surface area (Å²) in [5.74, 6) is 5.36. The van der Waals surface area contributed by atoms with E-state index in [9.17, 15) is 9.90 Å². The number of carbonyl (C=O) groups excluding carboxylic acids is 1. The van der Waals surface area contributed by atoms with Gasteiger partial charge in [0, 0.05) is 44.0 Å². The van der Waals surface area contributed by atoms with Gasteiger partial charge in [0.2, 0.25) is 0 Å². The molecule has 0 aliphatic carbocycles. The highest BCUT2D eigenvalue weighted by Gasteiger charge is 2.19. The summed E-state index contributed by atoms with van der Waals surface area (Å²) in [5, 5.41) is 10.3. The third kappa shape index (κ3) is 5.43. The first-order valence-electron chi connectivity index (χ1n) is 9.10. The molecule has 7 nitrogen and oxygen atoms in total. The molecule has 2 aromatic rings. The highest BCUT2D eigenvalue weighted by molar-refractivity contribution is 5.93. The number of nitrogens with one attached hydrogen (secondary N) is 1. The average molecular weight is 370 g/mol. The quantitative estimate of drug-likeness (QED) is 0.380. The van der Waals surface area contributed by atoms with Crippen LogP contribution in [0, 0.1) is 0 Å². The number of para-hydroxylation sites is 1. The van der Waals surface area contributed by atoms with E-state index in [4.69, 9.17) is 10.6 Å².